The molecule has 4 atom stereocenters. The summed E-state index contributed by atoms with van der Waals surface area (Å²) < 4.78 is 0. The van der Waals surface area contributed by atoms with Gasteiger partial charge in [-0.25, -0.2) is 15.0 Å². The molecule has 2 saturated carbocycles. The van der Waals surface area contributed by atoms with E-state index in [9.17, 15) is 5.26 Å². The lowest BCUT2D eigenvalue weighted by atomic mass is 9.54. The molecule has 5 aromatic carbocycles. The van der Waals surface area contributed by atoms with Crippen LogP contribution in [0.25, 0.3) is 56.4 Å². The summed E-state index contributed by atoms with van der Waals surface area (Å²) in [6.07, 6.45) is 6.86. The molecule has 1 heterocycles. The van der Waals surface area contributed by atoms with E-state index in [1.54, 1.807) is 17.7 Å². The van der Waals surface area contributed by atoms with Crippen LogP contribution in [0.4, 0.5) is 0 Å². The number of aromatic nitrogens is 3. The monoisotopic (exact) mass is 636 g/mol. The number of benzene rings is 5. The molecule has 6 aromatic rings. The van der Waals surface area contributed by atoms with E-state index in [0.29, 0.717) is 28.5 Å². The largest absolute Gasteiger partial charge is 0.208 e. The Kier molecular flexibility index (Phi) is 8.14. The van der Waals surface area contributed by atoms with Gasteiger partial charge >= 0.3 is 0 Å². The zero-order valence-corrected chi connectivity index (χ0v) is 28.2. The van der Waals surface area contributed by atoms with Crippen molar-refractivity contribution < 1.29 is 0 Å². The van der Waals surface area contributed by atoms with E-state index < -0.39 is 0 Å². The van der Waals surface area contributed by atoms with Gasteiger partial charge in [-0.3, -0.25) is 0 Å². The highest BCUT2D eigenvalue weighted by Gasteiger charge is 2.45. The van der Waals surface area contributed by atoms with Gasteiger partial charge in [0.1, 0.15) is 0 Å². The molecule has 2 aliphatic rings. The van der Waals surface area contributed by atoms with Crippen molar-refractivity contribution in [3.05, 3.63) is 139 Å². The molecule has 0 amide bonds. The first-order valence-electron chi connectivity index (χ1n) is 17.6. The molecule has 8 rings (SSSR count). The minimum atomic E-state index is 0.365. The summed E-state index contributed by atoms with van der Waals surface area (Å²) >= 11 is 0. The van der Waals surface area contributed by atoms with Gasteiger partial charge in [-0.15, -0.1) is 0 Å². The van der Waals surface area contributed by atoms with E-state index in [2.05, 4.69) is 92.7 Å². The summed E-state index contributed by atoms with van der Waals surface area (Å²) in [5, 5.41) is 9.25. The van der Waals surface area contributed by atoms with Gasteiger partial charge in [-0.2, -0.15) is 5.26 Å². The lowest BCUT2D eigenvalue weighted by Crippen LogP contribution is -2.42. The average Bonchev–Trinajstić information content (AvgIpc) is 3.14. The van der Waals surface area contributed by atoms with Crippen LogP contribution < -0.4 is 0 Å². The number of fused-ring (bicyclic) bond motifs is 2. The summed E-state index contributed by atoms with van der Waals surface area (Å²) in [6.45, 7) is 4.92. The zero-order valence-electron chi connectivity index (χ0n) is 28.2. The van der Waals surface area contributed by atoms with Gasteiger partial charge in [0.05, 0.1) is 11.6 Å². The van der Waals surface area contributed by atoms with Gasteiger partial charge < -0.3 is 0 Å². The topological polar surface area (TPSA) is 62.5 Å². The molecule has 1 aromatic heterocycles. The normalized spacial score (nSPS) is 21.5. The van der Waals surface area contributed by atoms with Gasteiger partial charge in [0, 0.05) is 16.7 Å². The molecule has 49 heavy (non-hydrogen) atoms. The van der Waals surface area contributed by atoms with Gasteiger partial charge in [0.25, 0.3) is 0 Å². The molecule has 4 nitrogen and oxygen atoms in total. The van der Waals surface area contributed by atoms with Crippen LogP contribution >= 0.6 is 0 Å². The van der Waals surface area contributed by atoms with E-state index in [0.717, 1.165) is 40.0 Å². The van der Waals surface area contributed by atoms with E-state index in [1.807, 2.05) is 42.5 Å². The van der Waals surface area contributed by atoms with Crippen molar-refractivity contribution in [3.63, 3.8) is 0 Å². The van der Waals surface area contributed by atoms with Crippen molar-refractivity contribution in [2.75, 3.05) is 0 Å². The second-order valence-electron chi connectivity index (χ2n) is 14.5. The van der Waals surface area contributed by atoms with Crippen molar-refractivity contribution in [3.8, 4) is 62.5 Å². The van der Waals surface area contributed by atoms with Crippen molar-refractivity contribution in [1.82, 2.24) is 15.0 Å². The Hall–Kier alpha value is -5.40. The van der Waals surface area contributed by atoms with E-state index in [1.165, 1.54) is 48.8 Å². The first-order valence-corrected chi connectivity index (χ1v) is 17.6. The Bertz CT molecular complexity index is 2090. The molecule has 0 aliphatic heterocycles. The molecule has 0 saturated heterocycles. The number of nitrogens with zero attached hydrogens (tertiary/aromatic N) is 4. The van der Waals surface area contributed by atoms with Crippen molar-refractivity contribution in [2.45, 2.75) is 51.4 Å². The number of hydrogen-bond donors (Lipinski definition) is 0. The summed E-state index contributed by atoms with van der Waals surface area (Å²) in [7, 11) is 0. The third-order valence-electron chi connectivity index (χ3n) is 10.8. The van der Waals surface area contributed by atoms with E-state index in [-0.39, 0.29) is 0 Å². The number of hydrogen-bond acceptors (Lipinski definition) is 4. The Morgan fingerprint density at radius 2 is 0.878 bits per heavy atom. The van der Waals surface area contributed by atoms with Crippen LogP contribution in [-0.2, 0) is 5.41 Å². The fraction of sp³-hybridized carbons (Fsp3) is 0.244. The number of nitriles is 1. The molecule has 2 unspecified atom stereocenters. The Morgan fingerprint density at radius 1 is 0.490 bits per heavy atom. The molecular weight excluding hydrogens is 597 g/mol. The van der Waals surface area contributed by atoms with Gasteiger partial charge in [0.2, 0.25) is 0 Å². The zero-order chi connectivity index (χ0) is 33.4. The maximum absolute atomic E-state index is 9.25. The van der Waals surface area contributed by atoms with E-state index >= 15 is 0 Å². The standard InChI is InChI=1S/C45H40N4/c1-30-24-33-25-31(2)27-45(26-30,28-33)41-22-20-37(21-23-41)35-14-12-34(13-15-35)36-16-18-40(19-17-36)44-48-42(38-6-4-3-5-7-38)47-43(49-44)39-10-8-32(29-46)9-11-39/h3-23,30-31,33H,24-28H2,1-2H3/t30-,31+,33?,45?. The predicted molar refractivity (Wildman–Crippen MR) is 198 cm³/mol. The summed E-state index contributed by atoms with van der Waals surface area (Å²) in [4.78, 5) is 14.5. The van der Waals surface area contributed by atoms with Crippen LogP contribution in [-0.4, -0.2) is 15.0 Å². The summed E-state index contributed by atoms with van der Waals surface area (Å²) in [5.41, 5.74) is 10.0. The fourth-order valence-electron chi connectivity index (χ4n) is 8.79. The average molecular weight is 637 g/mol. The van der Waals surface area contributed by atoms with Crippen LogP contribution in [0.5, 0.6) is 0 Å². The van der Waals surface area contributed by atoms with Gasteiger partial charge in [-0.05, 0) is 107 Å². The maximum atomic E-state index is 9.25. The molecule has 0 spiro atoms. The molecule has 4 heteroatoms. The Balaban J connectivity index is 1.04. The smallest absolute Gasteiger partial charge is 0.164 e. The predicted octanol–water partition coefficient (Wildman–Crippen LogP) is 11.2. The van der Waals surface area contributed by atoms with Gasteiger partial charge in [0.15, 0.2) is 17.5 Å². The Labute approximate surface area is 289 Å². The molecule has 2 fully saturated rings. The lowest BCUT2D eigenvalue weighted by molar-refractivity contribution is 0.0780. The van der Waals surface area contributed by atoms with Crippen molar-refractivity contribution in [2.24, 2.45) is 17.8 Å². The van der Waals surface area contributed by atoms with Crippen molar-refractivity contribution >= 4 is 0 Å². The highest BCUT2D eigenvalue weighted by molar-refractivity contribution is 5.73. The first-order chi connectivity index (χ1) is 23.9. The van der Waals surface area contributed by atoms with Gasteiger partial charge in [-0.1, -0.05) is 117 Å². The summed E-state index contributed by atoms with van der Waals surface area (Å²) in [6, 6.07) is 46.3. The molecule has 2 bridgehead atoms. The number of rotatable bonds is 6. The second kappa shape index (κ2) is 12.9. The quantitative estimate of drug-likeness (QED) is 0.182. The Morgan fingerprint density at radius 3 is 1.33 bits per heavy atom. The van der Waals surface area contributed by atoms with Crippen LogP contribution in [0.15, 0.2) is 127 Å². The van der Waals surface area contributed by atoms with Crippen LogP contribution in [0.1, 0.15) is 57.1 Å². The molecule has 0 N–H and O–H groups in total. The third kappa shape index (κ3) is 6.30. The molecule has 0 radical (unpaired) electrons. The minimum Gasteiger partial charge on any atom is -0.208 e. The maximum Gasteiger partial charge on any atom is 0.164 e. The highest BCUT2D eigenvalue weighted by Crippen LogP contribution is 2.54. The molecule has 2 aliphatic carbocycles. The third-order valence-corrected chi connectivity index (χ3v) is 10.8. The lowest BCUT2D eigenvalue weighted by Gasteiger charge is -2.50. The van der Waals surface area contributed by atoms with Crippen molar-refractivity contribution in [1.29, 1.82) is 5.26 Å². The van der Waals surface area contributed by atoms with E-state index in [4.69, 9.17) is 15.0 Å². The SMILES string of the molecule is C[C@@H]1CC2C[C@H](C)CC(c3ccc(-c4ccc(-c5ccc(-c6nc(-c7ccccc7)nc(-c7ccc(C#N)cc7)n6)cc5)cc4)cc3)(C2)C1. The van der Waals surface area contributed by atoms with Crippen LogP contribution in [0.3, 0.4) is 0 Å². The fourth-order valence-corrected chi connectivity index (χ4v) is 8.79. The highest BCUT2D eigenvalue weighted by atomic mass is 15.0. The molecule has 240 valence electrons. The van der Waals surface area contributed by atoms with Crippen LogP contribution in [0, 0.1) is 29.1 Å². The van der Waals surface area contributed by atoms with Crippen LogP contribution in [0.2, 0.25) is 0 Å². The summed E-state index contributed by atoms with van der Waals surface area (Å²) in [5.74, 6) is 4.34. The first kappa shape index (κ1) is 30.9. The minimum absolute atomic E-state index is 0.365. The second-order valence-corrected chi connectivity index (χ2v) is 14.5. The molecular formula is C45H40N4.